The maximum Gasteiger partial charge on any atom is 0.166 e. The zero-order chi connectivity index (χ0) is 13.0. The molecule has 0 bridgehead atoms. The van der Waals surface area contributed by atoms with Gasteiger partial charge in [-0.3, -0.25) is 5.41 Å². The van der Waals surface area contributed by atoms with Gasteiger partial charge in [-0.2, -0.15) is 0 Å². The van der Waals surface area contributed by atoms with Gasteiger partial charge in [0, 0.05) is 18.0 Å². The molecule has 0 amide bonds. The number of aromatic nitrogens is 2. The maximum atomic E-state index is 7.40. The summed E-state index contributed by atoms with van der Waals surface area (Å²) in [6.07, 6.45) is 3.34. The number of aryl methyl sites for hydroxylation is 1. The minimum atomic E-state index is 0.0239. The Balaban J connectivity index is 2.14. The molecule has 5 heteroatoms. The molecule has 0 spiro atoms. The zero-order valence-corrected chi connectivity index (χ0v) is 10.1. The summed E-state index contributed by atoms with van der Waals surface area (Å²) in [5, 5.41) is 7.40. The molecule has 0 atom stereocenters. The van der Waals surface area contributed by atoms with Gasteiger partial charge in [-0.05, 0) is 24.6 Å². The van der Waals surface area contributed by atoms with E-state index in [1.54, 1.807) is 30.6 Å². The van der Waals surface area contributed by atoms with Crippen molar-refractivity contribution in [2.45, 2.75) is 13.5 Å². The second kappa shape index (κ2) is 5.27. The number of nitrogens with zero attached hydrogens (tertiary/aromatic N) is 2. The van der Waals surface area contributed by atoms with E-state index in [0.29, 0.717) is 23.7 Å². The summed E-state index contributed by atoms with van der Waals surface area (Å²) in [6.45, 7) is 2.23. The predicted molar refractivity (Wildman–Crippen MR) is 68.6 cm³/mol. The summed E-state index contributed by atoms with van der Waals surface area (Å²) in [7, 11) is 0. The average Bonchev–Trinajstić information content (AvgIpc) is 2.38. The van der Waals surface area contributed by atoms with Crippen LogP contribution in [0.3, 0.4) is 0 Å². The first kappa shape index (κ1) is 12.0. The van der Waals surface area contributed by atoms with Crippen molar-refractivity contribution in [2.24, 2.45) is 5.73 Å². The van der Waals surface area contributed by atoms with Gasteiger partial charge in [0.1, 0.15) is 18.2 Å². The third-order valence-corrected chi connectivity index (χ3v) is 2.48. The standard InChI is InChI=1S/C13H14N4O/c1-9-3-4-10(13(14)15)7-11(9)18-8-12-16-5-2-6-17-12/h2-7H,8H2,1H3,(H3,14,15). The van der Waals surface area contributed by atoms with Gasteiger partial charge in [-0.25, -0.2) is 9.97 Å². The lowest BCUT2D eigenvalue weighted by Crippen LogP contribution is -2.11. The molecule has 2 rings (SSSR count). The van der Waals surface area contributed by atoms with Crippen LogP contribution < -0.4 is 10.5 Å². The number of hydrogen-bond acceptors (Lipinski definition) is 4. The van der Waals surface area contributed by atoms with Crippen LogP contribution in [0, 0.1) is 12.3 Å². The van der Waals surface area contributed by atoms with Crippen molar-refractivity contribution in [1.82, 2.24) is 9.97 Å². The first-order chi connectivity index (χ1) is 8.66. The molecule has 0 saturated heterocycles. The number of hydrogen-bond donors (Lipinski definition) is 2. The largest absolute Gasteiger partial charge is 0.485 e. The van der Waals surface area contributed by atoms with Crippen LogP contribution in [0.1, 0.15) is 17.0 Å². The van der Waals surface area contributed by atoms with Crippen molar-refractivity contribution >= 4 is 5.84 Å². The topological polar surface area (TPSA) is 84.9 Å². The molecular weight excluding hydrogens is 228 g/mol. The quantitative estimate of drug-likeness (QED) is 0.630. The number of amidine groups is 1. The van der Waals surface area contributed by atoms with Gasteiger partial charge in [0.05, 0.1) is 0 Å². The van der Waals surface area contributed by atoms with Gasteiger partial charge in [0.2, 0.25) is 0 Å². The number of ether oxygens (including phenoxy) is 1. The van der Waals surface area contributed by atoms with Crippen LogP contribution in [0.4, 0.5) is 0 Å². The lowest BCUT2D eigenvalue weighted by atomic mass is 10.1. The first-order valence-electron chi connectivity index (χ1n) is 5.50. The smallest absolute Gasteiger partial charge is 0.166 e. The molecule has 0 radical (unpaired) electrons. The van der Waals surface area contributed by atoms with Gasteiger partial charge in [-0.1, -0.05) is 12.1 Å². The van der Waals surface area contributed by atoms with E-state index >= 15 is 0 Å². The van der Waals surface area contributed by atoms with E-state index in [9.17, 15) is 0 Å². The third-order valence-electron chi connectivity index (χ3n) is 2.48. The van der Waals surface area contributed by atoms with E-state index in [1.165, 1.54) is 0 Å². The number of benzene rings is 1. The molecule has 0 saturated carbocycles. The van der Waals surface area contributed by atoms with E-state index in [2.05, 4.69) is 9.97 Å². The lowest BCUT2D eigenvalue weighted by molar-refractivity contribution is 0.293. The van der Waals surface area contributed by atoms with Crippen LogP contribution in [0.5, 0.6) is 5.75 Å². The van der Waals surface area contributed by atoms with E-state index in [4.69, 9.17) is 15.9 Å². The van der Waals surface area contributed by atoms with Gasteiger partial charge in [0.25, 0.3) is 0 Å². The van der Waals surface area contributed by atoms with Crippen LogP contribution in [0.2, 0.25) is 0 Å². The van der Waals surface area contributed by atoms with Gasteiger partial charge < -0.3 is 10.5 Å². The molecule has 18 heavy (non-hydrogen) atoms. The molecule has 2 aromatic rings. The number of rotatable bonds is 4. The molecule has 0 aliphatic rings. The summed E-state index contributed by atoms with van der Waals surface area (Å²) >= 11 is 0. The second-order valence-corrected chi connectivity index (χ2v) is 3.85. The molecule has 92 valence electrons. The minimum Gasteiger partial charge on any atom is -0.485 e. The molecule has 0 aliphatic carbocycles. The molecule has 0 fully saturated rings. The molecule has 3 N–H and O–H groups in total. The Hall–Kier alpha value is -2.43. The Morgan fingerprint density at radius 2 is 2.06 bits per heavy atom. The van der Waals surface area contributed by atoms with Crippen molar-refractivity contribution in [3.63, 3.8) is 0 Å². The Labute approximate surface area is 105 Å². The Kier molecular flexibility index (Phi) is 3.52. The maximum absolute atomic E-state index is 7.40. The number of nitrogens with two attached hydrogens (primary N) is 1. The van der Waals surface area contributed by atoms with E-state index < -0.39 is 0 Å². The summed E-state index contributed by atoms with van der Waals surface area (Å²) in [5.74, 6) is 1.33. The average molecular weight is 242 g/mol. The van der Waals surface area contributed by atoms with Crippen LogP contribution in [-0.2, 0) is 6.61 Å². The highest BCUT2D eigenvalue weighted by Gasteiger charge is 2.04. The van der Waals surface area contributed by atoms with Crippen molar-refractivity contribution < 1.29 is 4.74 Å². The fraction of sp³-hybridized carbons (Fsp3) is 0.154. The highest BCUT2D eigenvalue weighted by Crippen LogP contribution is 2.20. The van der Waals surface area contributed by atoms with Crippen molar-refractivity contribution in [1.29, 1.82) is 5.41 Å². The van der Waals surface area contributed by atoms with Crippen LogP contribution in [-0.4, -0.2) is 15.8 Å². The molecular formula is C13H14N4O. The van der Waals surface area contributed by atoms with E-state index in [-0.39, 0.29) is 5.84 Å². The second-order valence-electron chi connectivity index (χ2n) is 3.85. The van der Waals surface area contributed by atoms with Crippen LogP contribution in [0.25, 0.3) is 0 Å². The van der Waals surface area contributed by atoms with Crippen molar-refractivity contribution in [2.75, 3.05) is 0 Å². The number of nitrogen functional groups attached to an aromatic ring is 1. The van der Waals surface area contributed by atoms with Crippen molar-refractivity contribution in [3.05, 3.63) is 53.6 Å². The van der Waals surface area contributed by atoms with Gasteiger partial charge >= 0.3 is 0 Å². The molecule has 0 unspecified atom stereocenters. The summed E-state index contributed by atoms with van der Waals surface area (Å²) in [4.78, 5) is 8.16. The molecule has 1 aromatic heterocycles. The lowest BCUT2D eigenvalue weighted by Gasteiger charge is -2.09. The Morgan fingerprint density at radius 3 is 2.72 bits per heavy atom. The summed E-state index contributed by atoms with van der Waals surface area (Å²) < 4.78 is 5.64. The third kappa shape index (κ3) is 2.82. The Morgan fingerprint density at radius 1 is 1.33 bits per heavy atom. The minimum absolute atomic E-state index is 0.0239. The fourth-order valence-electron chi connectivity index (χ4n) is 1.47. The van der Waals surface area contributed by atoms with Crippen LogP contribution >= 0.6 is 0 Å². The highest BCUT2D eigenvalue weighted by atomic mass is 16.5. The monoisotopic (exact) mass is 242 g/mol. The van der Waals surface area contributed by atoms with E-state index in [0.717, 1.165) is 5.56 Å². The summed E-state index contributed by atoms with van der Waals surface area (Å²) in [6, 6.07) is 7.17. The SMILES string of the molecule is Cc1ccc(C(=N)N)cc1OCc1ncccn1. The predicted octanol–water partition coefficient (Wildman–Crippen LogP) is 1.65. The van der Waals surface area contributed by atoms with Gasteiger partial charge in [0.15, 0.2) is 5.82 Å². The van der Waals surface area contributed by atoms with Crippen LogP contribution in [0.15, 0.2) is 36.7 Å². The molecule has 0 aliphatic heterocycles. The summed E-state index contributed by atoms with van der Waals surface area (Å²) in [5.41, 5.74) is 7.07. The van der Waals surface area contributed by atoms with Gasteiger partial charge in [-0.15, -0.1) is 0 Å². The molecule has 1 aromatic carbocycles. The zero-order valence-electron chi connectivity index (χ0n) is 10.1. The molecule has 5 nitrogen and oxygen atoms in total. The highest BCUT2D eigenvalue weighted by molar-refractivity contribution is 5.95. The first-order valence-corrected chi connectivity index (χ1v) is 5.50. The Bertz CT molecular complexity index is 554. The van der Waals surface area contributed by atoms with Crippen molar-refractivity contribution in [3.8, 4) is 5.75 Å². The fourth-order valence-corrected chi connectivity index (χ4v) is 1.47. The number of nitrogens with one attached hydrogen (secondary N) is 1. The molecule has 1 heterocycles. The van der Waals surface area contributed by atoms with E-state index in [1.807, 2.05) is 13.0 Å². The normalized spacial score (nSPS) is 10.1.